The van der Waals surface area contributed by atoms with Crippen LogP contribution in [0.25, 0.3) is 10.4 Å². The van der Waals surface area contributed by atoms with Crippen molar-refractivity contribution in [3.63, 3.8) is 0 Å². The zero-order chi connectivity index (χ0) is 13.7. The quantitative estimate of drug-likeness (QED) is 0.890. The lowest BCUT2D eigenvalue weighted by Gasteiger charge is -2.07. The summed E-state index contributed by atoms with van der Waals surface area (Å²) in [6.07, 6.45) is 3.21. The van der Waals surface area contributed by atoms with E-state index in [1.807, 2.05) is 19.1 Å². The Hall–Kier alpha value is -1.47. The van der Waals surface area contributed by atoms with Gasteiger partial charge in [-0.3, -0.25) is 4.72 Å². The molecule has 1 N–H and O–H groups in total. The van der Waals surface area contributed by atoms with Crippen molar-refractivity contribution in [2.45, 2.75) is 19.8 Å². The molecule has 1 heterocycles. The molecule has 0 fully saturated rings. The smallest absolute Gasteiger partial charge is 0.232 e. The topological polar surface area (TPSA) is 72.0 Å². The van der Waals surface area contributed by atoms with Crippen LogP contribution in [-0.2, 0) is 10.0 Å². The van der Waals surface area contributed by atoms with E-state index in [4.69, 9.17) is 0 Å². The first-order valence-electron chi connectivity index (χ1n) is 5.99. The van der Waals surface area contributed by atoms with Crippen LogP contribution in [0.15, 0.2) is 30.5 Å². The van der Waals surface area contributed by atoms with Gasteiger partial charge in [-0.15, -0.1) is 5.10 Å². The first-order valence-corrected chi connectivity index (χ1v) is 8.41. The van der Waals surface area contributed by atoms with Crippen LogP contribution >= 0.6 is 11.5 Å². The molecule has 0 spiro atoms. The first-order chi connectivity index (χ1) is 9.11. The van der Waals surface area contributed by atoms with Crippen LogP contribution in [0.4, 0.5) is 5.69 Å². The number of aromatic nitrogens is 2. The summed E-state index contributed by atoms with van der Waals surface area (Å²) in [4.78, 5) is 0.959. The molecule has 0 atom stereocenters. The minimum absolute atomic E-state index is 0.157. The highest BCUT2D eigenvalue weighted by Gasteiger charge is 2.09. The van der Waals surface area contributed by atoms with Crippen LogP contribution in [0.3, 0.4) is 0 Å². The van der Waals surface area contributed by atoms with Gasteiger partial charge in [0.15, 0.2) is 0 Å². The fourth-order valence-corrected chi connectivity index (χ4v) is 3.35. The second-order valence-corrected chi connectivity index (χ2v) is 6.76. The number of nitrogens with one attached hydrogen (secondary N) is 1. The average molecular weight is 297 g/mol. The molecule has 1 aromatic carbocycles. The van der Waals surface area contributed by atoms with Crippen molar-refractivity contribution in [2.24, 2.45) is 0 Å². The molecule has 102 valence electrons. The Labute approximate surface area is 116 Å². The molecule has 0 bridgehead atoms. The minimum atomic E-state index is -3.24. The van der Waals surface area contributed by atoms with E-state index >= 15 is 0 Å². The number of benzene rings is 1. The van der Waals surface area contributed by atoms with Gasteiger partial charge in [0.1, 0.15) is 0 Å². The van der Waals surface area contributed by atoms with E-state index in [0.717, 1.165) is 16.9 Å². The second-order valence-electron chi connectivity index (χ2n) is 4.13. The molecule has 2 rings (SSSR count). The van der Waals surface area contributed by atoms with Gasteiger partial charge in [-0.25, -0.2) is 8.42 Å². The molecule has 0 aliphatic heterocycles. The van der Waals surface area contributed by atoms with E-state index in [2.05, 4.69) is 14.3 Å². The summed E-state index contributed by atoms with van der Waals surface area (Å²) in [6, 6.07) is 7.21. The molecule has 5 nitrogen and oxygen atoms in total. The number of hydrogen-bond acceptors (Lipinski definition) is 5. The van der Waals surface area contributed by atoms with Crippen molar-refractivity contribution in [1.29, 1.82) is 0 Å². The zero-order valence-corrected chi connectivity index (χ0v) is 12.2. The molecule has 0 aliphatic carbocycles. The third-order valence-electron chi connectivity index (χ3n) is 2.57. The van der Waals surface area contributed by atoms with Crippen LogP contribution in [-0.4, -0.2) is 23.8 Å². The van der Waals surface area contributed by atoms with Gasteiger partial charge < -0.3 is 0 Å². The summed E-state index contributed by atoms with van der Waals surface area (Å²) in [6.45, 7) is 1.97. The zero-order valence-electron chi connectivity index (χ0n) is 10.5. The van der Waals surface area contributed by atoms with Crippen molar-refractivity contribution in [3.8, 4) is 10.4 Å². The third kappa shape index (κ3) is 4.00. The Morgan fingerprint density at radius 1 is 1.26 bits per heavy atom. The lowest BCUT2D eigenvalue weighted by molar-refractivity contribution is 0.598. The van der Waals surface area contributed by atoms with Gasteiger partial charge in [-0.05, 0) is 35.6 Å². The van der Waals surface area contributed by atoms with Gasteiger partial charge >= 0.3 is 0 Å². The number of rotatable bonds is 6. The average Bonchev–Trinajstić information content (AvgIpc) is 2.91. The summed E-state index contributed by atoms with van der Waals surface area (Å²) < 4.78 is 29.9. The van der Waals surface area contributed by atoms with Crippen LogP contribution in [0, 0.1) is 0 Å². The first kappa shape index (κ1) is 14.0. The molecule has 0 saturated carbocycles. The lowest BCUT2D eigenvalue weighted by Crippen LogP contribution is -2.16. The number of sulfonamides is 1. The molecular formula is C12H15N3O2S2. The van der Waals surface area contributed by atoms with E-state index in [1.165, 1.54) is 11.5 Å². The lowest BCUT2D eigenvalue weighted by atomic mass is 10.2. The van der Waals surface area contributed by atoms with Gasteiger partial charge in [0, 0.05) is 5.69 Å². The SMILES string of the molecule is CCCCS(=O)(=O)Nc1ccc(-c2cnns2)cc1. The third-order valence-corrected chi connectivity index (χ3v) is 4.66. The summed E-state index contributed by atoms with van der Waals surface area (Å²) in [5, 5.41) is 3.77. The van der Waals surface area contributed by atoms with E-state index in [9.17, 15) is 8.42 Å². The van der Waals surface area contributed by atoms with E-state index in [1.54, 1.807) is 18.3 Å². The fraction of sp³-hybridized carbons (Fsp3) is 0.333. The number of hydrogen-bond donors (Lipinski definition) is 1. The highest BCUT2D eigenvalue weighted by atomic mass is 32.2. The van der Waals surface area contributed by atoms with Crippen molar-refractivity contribution in [3.05, 3.63) is 30.5 Å². The Bertz CT molecular complexity index is 607. The molecule has 7 heteroatoms. The molecular weight excluding hydrogens is 282 g/mol. The maximum Gasteiger partial charge on any atom is 0.232 e. The molecule has 0 unspecified atom stereocenters. The van der Waals surface area contributed by atoms with Crippen molar-refractivity contribution in [2.75, 3.05) is 10.5 Å². The van der Waals surface area contributed by atoms with Crippen LogP contribution in [0.1, 0.15) is 19.8 Å². The van der Waals surface area contributed by atoms with Gasteiger partial charge in [-0.2, -0.15) is 0 Å². The number of unbranched alkanes of at least 4 members (excludes halogenated alkanes) is 1. The molecule has 0 amide bonds. The van der Waals surface area contributed by atoms with Crippen molar-refractivity contribution >= 4 is 27.2 Å². The maximum absolute atomic E-state index is 11.7. The highest BCUT2D eigenvalue weighted by Crippen LogP contribution is 2.23. The molecule has 1 aromatic heterocycles. The van der Waals surface area contributed by atoms with Gasteiger partial charge in [-0.1, -0.05) is 30.0 Å². The summed E-state index contributed by atoms with van der Waals surface area (Å²) in [7, 11) is -3.24. The summed E-state index contributed by atoms with van der Waals surface area (Å²) in [5.41, 5.74) is 1.56. The number of anilines is 1. The Kier molecular flexibility index (Phi) is 4.49. The molecule has 0 saturated heterocycles. The van der Waals surface area contributed by atoms with Crippen LogP contribution in [0.5, 0.6) is 0 Å². The standard InChI is InChI=1S/C12H15N3O2S2/c1-2-3-8-19(16,17)14-11-6-4-10(5-7-11)12-9-13-15-18-12/h4-7,9,14H,2-3,8H2,1H3. The molecule has 0 radical (unpaired) electrons. The largest absolute Gasteiger partial charge is 0.284 e. The summed E-state index contributed by atoms with van der Waals surface area (Å²) in [5.74, 6) is 0.157. The second kappa shape index (κ2) is 6.12. The van der Waals surface area contributed by atoms with E-state index in [-0.39, 0.29) is 5.75 Å². The Morgan fingerprint density at radius 2 is 2.00 bits per heavy atom. The van der Waals surface area contributed by atoms with Gasteiger partial charge in [0.25, 0.3) is 0 Å². The van der Waals surface area contributed by atoms with Gasteiger partial charge in [0.05, 0.1) is 16.8 Å². The Balaban J connectivity index is 2.07. The normalized spacial score (nSPS) is 11.4. The predicted octanol–water partition coefficient (Wildman–Crippen LogP) is 2.75. The number of nitrogens with zero attached hydrogens (tertiary/aromatic N) is 2. The van der Waals surface area contributed by atoms with E-state index in [0.29, 0.717) is 12.1 Å². The fourth-order valence-electron chi connectivity index (χ4n) is 1.56. The Morgan fingerprint density at radius 3 is 2.58 bits per heavy atom. The van der Waals surface area contributed by atoms with Crippen molar-refractivity contribution < 1.29 is 8.42 Å². The van der Waals surface area contributed by atoms with Crippen molar-refractivity contribution in [1.82, 2.24) is 9.59 Å². The maximum atomic E-state index is 11.7. The van der Waals surface area contributed by atoms with Crippen LogP contribution in [0.2, 0.25) is 0 Å². The molecule has 2 aromatic rings. The van der Waals surface area contributed by atoms with Gasteiger partial charge in [0.2, 0.25) is 10.0 Å². The minimum Gasteiger partial charge on any atom is -0.284 e. The molecule has 19 heavy (non-hydrogen) atoms. The van der Waals surface area contributed by atoms with Crippen LogP contribution < -0.4 is 4.72 Å². The predicted molar refractivity (Wildman–Crippen MR) is 77.7 cm³/mol. The monoisotopic (exact) mass is 297 g/mol. The molecule has 0 aliphatic rings. The highest BCUT2D eigenvalue weighted by molar-refractivity contribution is 7.92. The van der Waals surface area contributed by atoms with E-state index < -0.39 is 10.0 Å². The summed E-state index contributed by atoms with van der Waals surface area (Å²) >= 11 is 1.31.